The number of esters is 1. The molecule has 3 fully saturated rings. The van der Waals surface area contributed by atoms with Gasteiger partial charge < -0.3 is 20.1 Å². The predicted octanol–water partition coefficient (Wildman–Crippen LogP) is 0.601. The summed E-state index contributed by atoms with van der Waals surface area (Å²) in [4.78, 5) is 12.0. The number of ether oxygens (including phenoxy) is 1. The molecule has 4 unspecified atom stereocenters. The third-order valence-corrected chi connectivity index (χ3v) is 6.89. The smallest absolute Gasteiger partial charge is 0.306 e. The Kier molecular flexibility index (Phi) is 2.55. The van der Waals surface area contributed by atoms with Crippen LogP contribution in [0.3, 0.4) is 0 Å². The van der Waals surface area contributed by atoms with E-state index in [4.69, 9.17) is 4.74 Å². The lowest BCUT2D eigenvalue weighted by Crippen LogP contribution is -2.77. The first-order chi connectivity index (χ1) is 9.00. The molecular formula is C15H24O5. The van der Waals surface area contributed by atoms with Crippen molar-refractivity contribution in [1.82, 2.24) is 0 Å². The van der Waals surface area contributed by atoms with E-state index in [9.17, 15) is 20.1 Å². The molecule has 1 heterocycles. The van der Waals surface area contributed by atoms with Crippen LogP contribution < -0.4 is 0 Å². The van der Waals surface area contributed by atoms with Gasteiger partial charge in [0, 0.05) is 10.8 Å². The van der Waals surface area contributed by atoms with Crippen LogP contribution in [0.2, 0.25) is 0 Å². The highest BCUT2D eigenvalue weighted by Gasteiger charge is 2.79. The minimum atomic E-state index is -1.49. The van der Waals surface area contributed by atoms with E-state index in [2.05, 4.69) is 0 Å². The average molecular weight is 284 g/mol. The second-order valence-electron chi connectivity index (χ2n) is 7.71. The highest BCUT2D eigenvalue weighted by Crippen LogP contribution is 2.69. The number of hydrogen-bond donors (Lipinski definition) is 3. The highest BCUT2D eigenvalue weighted by atomic mass is 16.6. The molecular weight excluding hydrogens is 260 g/mol. The summed E-state index contributed by atoms with van der Waals surface area (Å²) < 4.78 is 5.36. The molecule has 3 rings (SSSR count). The Hall–Kier alpha value is -0.650. The number of aliphatic hydroxyl groups excluding tert-OH is 1. The zero-order chi connectivity index (χ0) is 15.1. The number of carbonyl (C=O) groups is 1. The van der Waals surface area contributed by atoms with Crippen LogP contribution in [0, 0.1) is 16.7 Å². The van der Waals surface area contributed by atoms with Gasteiger partial charge in [0.1, 0.15) is 17.3 Å². The van der Waals surface area contributed by atoms with Crippen molar-refractivity contribution >= 4 is 5.97 Å². The SMILES string of the molecule is CC1CC(O)[C@@]2(O)C13CC(=O)OC(C3)[C@](C)(O)C2(C)C. The Morgan fingerprint density at radius 3 is 2.45 bits per heavy atom. The molecule has 5 heteroatoms. The monoisotopic (exact) mass is 284 g/mol. The Balaban J connectivity index is 2.26. The van der Waals surface area contributed by atoms with Gasteiger partial charge in [0.15, 0.2) is 0 Å². The minimum Gasteiger partial charge on any atom is -0.459 e. The number of carbonyl (C=O) groups excluding carboxylic acids is 1. The summed E-state index contributed by atoms with van der Waals surface area (Å²) in [5.41, 5.74) is -4.56. The van der Waals surface area contributed by atoms with E-state index in [0.717, 1.165) is 0 Å². The fourth-order valence-corrected chi connectivity index (χ4v) is 5.15. The zero-order valence-corrected chi connectivity index (χ0v) is 12.5. The first kappa shape index (κ1) is 14.3. The lowest BCUT2D eigenvalue weighted by molar-refractivity contribution is -0.325. The predicted molar refractivity (Wildman–Crippen MR) is 70.7 cm³/mol. The molecule has 3 aliphatic rings. The highest BCUT2D eigenvalue weighted by molar-refractivity contribution is 5.73. The maximum atomic E-state index is 12.0. The van der Waals surface area contributed by atoms with Crippen LogP contribution in [0.25, 0.3) is 0 Å². The standard InChI is InChI=1S/C15H24O5/c1-8-5-9(16)15(19)12(2,3)13(4,18)10-6-14(8,15)7-11(17)20-10/h8-10,16,18-19H,5-7H2,1-4H3/t8?,9?,10?,13-,14?,15-/m0/s1. The maximum Gasteiger partial charge on any atom is 0.306 e. The largest absolute Gasteiger partial charge is 0.459 e. The summed E-state index contributed by atoms with van der Waals surface area (Å²) in [6.07, 6.45) is -0.616. The second kappa shape index (κ2) is 3.57. The molecule has 1 saturated heterocycles. The molecule has 1 aliphatic heterocycles. The third-order valence-electron chi connectivity index (χ3n) is 6.89. The molecule has 6 atom stereocenters. The van der Waals surface area contributed by atoms with Gasteiger partial charge in [0.25, 0.3) is 0 Å². The Morgan fingerprint density at radius 2 is 1.85 bits per heavy atom. The van der Waals surface area contributed by atoms with Crippen molar-refractivity contribution in [2.45, 2.75) is 70.4 Å². The van der Waals surface area contributed by atoms with Crippen molar-refractivity contribution in [3.8, 4) is 0 Å². The molecule has 0 aromatic carbocycles. The molecule has 2 aliphatic carbocycles. The molecule has 20 heavy (non-hydrogen) atoms. The van der Waals surface area contributed by atoms with Gasteiger partial charge in [0.05, 0.1) is 12.5 Å². The lowest BCUT2D eigenvalue weighted by atomic mass is 9.44. The van der Waals surface area contributed by atoms with E-state index in [-0.39, 0.29) is 12.3 Å². The third kappa shape index (κ3) is 1.19. The van der Waals surface area contributed by atoms with Crippen molar-refractivity contribution in [2.24, 2.45) is 16.7 Å². The summed E-state index contributed by atoms with van der Waals surface area (Å²) in [6.45, 7) is 7.07. The van der Waals surface area contributed by atoms with Crippen LogP contribution in [0.4, 0.5) is 0 Å². The van der Waals surface area contributed by atoms with Crippen LogP contribution in [-0.4, -0.2) is 44.7 Å². The lowest BCUT2D eigenvalue weighted by Gasteiger charge is -2.66. The van der Waals surface area contributed by atoms with E-state index in [0.29, 0.717) is 12.8 Å². The van der Waals surface area contributed by atoms with Gasteiger partial charge in [-0.25, -0.2) is 0 Å². The second-order valence-corrected chi connectivity index (χ2v) is 7.71. The van der Waals surface area contributed by atoms with Gasteiger partial charge in [-0.15, -0.1) is 0 Å². The molecule has 1 spiro atoms. The van der Waals surface area contributed by atoms with Gasteiger partial charge in [-0.05, 0) is 25.7 Å². The van der Waals surface area contributed by atoms with Gasteiger partial charge in [-0.1, -0.05) is 20.8 Å². The maximum absolute atomic E-state index is 12.0. The quantitative estimate of drug-likeness (QED) is 0.567. The first-order valence-corrected chi connectivity index (χ1v) is 7.33. The molecule has 2 bridgehead atoms. The Morgan fingerprint density at radius 1 is 1.25 bits per heavy atom. The van der Waals surface area contributed by atoms with E-state index < -0.39 is 40.2 Å². The van der Waals surface area contributed by atoms with Gasteiger partial charge >= 0.3 is 5.97 Å². The Bertz CT molecular complexity index is 471. The molecule has 0 radical (unpaired) electrons. The van der Waals surface area contributed by atoms with E-state index >= 15 is 0 Å². The van der Waals surface area contributed by atoms with Crippen LogP contribution >= 0.6 is 0 Å². The van der Waals surface area contributed by atoms with Crippen LogP contribution in [0.15, 0.2) is 0 Å². The van der Waals surface area contributed by atoms with Crippen molar-refractivity contribution in [1.29, 1.82) is 0 Å². The molecule has 0 aromatic heterocycles. The van der Waals surface area contributed by atoms with E-state index in [1.54, 1.807) is 20.8 Å². The van der Waals surface area contributed by atoms with Crippen molar-refractivity contribution in [3.63, 3.8) is 0 Å². The van der Waals surface area contributed by atoms with E-state index in [1.807, 2.05) is 6.92 Å². The van der Waals surface area contributed by atoms with Crippen LogP contribution in [0.1, 0.15) is 47.0 Å². The molecule has 2 saturated carbocycles. The number of hydrogen-bond acceptors (Lipinski definition) is 5. The zero-order valence-electron chi connectivity index (χ0n) is 12.5. The van der Waals surface area contributed by atoms with Crippen molar-refractivity contribution in [3.05, 3.63) is 0 Å². The number of rotatable bonds is 0. The summed E-state index contributed by atoms with van der Waals surface area (Å²) in [6, 6.07) is 0. The van der Waals surface area contributed by atoms with Gasteiger partial charge in [-0.2, -0.15) is 0 Å². The van der Waals surface area contributed by atoms with Crippen LogP contribution in [-0.2, 0) is 9.53 Å². The number of aliphatic hydroxyl groups is 3. The number of fused-ring (bicyclic) bond motifs is 1. The average Bonchev–Trinajstić information content (AvgIpc) is 2.50. The molecule has 114 valence electrons. The summed E-state index contributed by atoms with van der Waals surface area (Å²) in [5.74, 6) is -0.385. The fraction of sp³-hybridized carbons (Fsp3) is 0.933. The van der Waals surface area contributed by atoms with Crippen LogP contribution in [0.5, 0.6) is 0 Å². The van der Waals surface area contributed by atoms with Gasteiger partial charge in [-0.3, -0.25) is 4.79 Å². The first-order valence-electron chi connectivity index (χ1n) is 7.33. The summed E-state index contributed by atoms with van der Waals surface area (Å²) >= 11 is 0. The fourth-order valence-electron chi connectivity index (χ4n) is 5.15. The van der Waals surface area contributed by atoms with Gasteiger partial charge in [0.2, 0.25) is 0 Å². The topological polar surface area (TPSA) is 87.0 Å². The minimum absolute atomic E-state index is 0.00762. The summed E-state index contributed by atoms with van der Waals surface area (Å²) in [5, 5.41) is 32.8. The summed E-state index contributed by atoms with van der Waals surface area (Å²) in [7, 11) is 0. The normalized spacial score (nSPS) is 57.1. The molecule has 0 aromatic rings. The van der Waals surface area contributed by atoms with E-state index in [1.165, 1.54) is 0 Å². The van der Waals surface area contributed by atoms with Crippen molar-refractivity contribution < 1.29 is 24.9 Å². The Labute approximate surface area is 118 Å². The molecule has 0 amide bonds. The molecule has 5 nitrogen and oxygen atoms in total. The molecule has 3 N–H and O–H groups in total. The van der Waals surface area contributed by atoms with Crippen molar-refractivity contribution in [2.75, 3.05) is 0 Å².